The van der Waals surface area contributed by atoms with E-state index in [-0.39, 0.29) is 24.2 Å². The van der Waals surface area contributed by atoms with Gasteiger partial charge in [0.15, 0.2) is 0 Å². The van der Waals surface area contributed by atoms with Gasteiger partial charge in [0.05, 0.1) is 5.92 Å². The number of hydrogen-bond acceptors (Lipinski definition) is 2. The summed E-state index contributed by atoms with van der Waals surface area (Å²) in [6, 6.07) is 6.49. The van der Waals surface area contributed by atoms with Gasteiger partial charge < -0.3 is 10.6 Å². The van der Waals surface area contributed by atoms with Crippen molar-refractivity contribution in [3.8, 4) is 0 Å². The summed E-state index contributed by atoms with van der Waals surface area (Å²) < 4.78 is 13.3. The van der Waals surface area contributed by atoms with Crippen LogP contribution in [-0.2, 0) is 11.3 Å². The number of nitrogens with one attached hydrogen (secondary N) is 2. The van der Waals surface area contributed by atoms with Crippen molar-refractivity contribution in [3.05, 3.63) is 35.6 Å². The van der Waals surface area contributed by atoms with Crippen LogP contribution < -0.4 is 10.6 Å². The molecular weight excluding hydrogens is 207 g/mol. The zero-order chi connectivity index (χ0) is 11.4. The molecule has 1 saturated heterocycles. The highest BCUT2D eigenvalue weighted by Gasteiger charge is 2.21. The van der Waals surface area contributed by atoms with Crippen LogP contribution in [0, 0.1) is 11.7 Å². The third-order valence-electron chi connectivity index (χ3n) is 2.84. The van der Waals surface area contributed by atoms with Crippen LogP contribution in [0.1, 0.15) is 12.0 Å². The molecule has 1 aromatic rings. The van der Waals surface area contributed by atoms with E-state index >= 15 is 0 Å². The van der Waals surface area contributed by atoms with E-state index in [0.717, 1.165) is 19.5 Å². The topological polar surface area (TPSA) is 41.1 Å². The molecule has 0 radical (unpaired) electrons. The SMILES string of the molecule is O=C(NCc1ccccc1F)[C@H]1CCNC1. The van der Waals surface area contributed by atoms with E-state index in [9.17, 15) is 9.18 Å². The van der Waals surface area contributed by atoms with Crippen LogP contribution in [0.2, 0.25) is 0 Å². The highest BCUT2D eigenvalue weighted by Crippen LogP contribution is 2.09. The van der Waals surface area contributed by atoms with Crippen molar-refractivity contribution in [2.24, 2.45) is 5.92 Å². The van der Waals surface area contributed by atoms with Crippen LogP contribution in [0.25, 0.3) is 0 Å². The molecule has 16 heavy (non-hydrogen) atoms. The molecule has 0 bridgehead atoms. The van der Waals surface area contributed by atoms with Crippen LogP contribution in [0.15, 0.2) is 24.3 Å². The summed E-state index contributed by atoms with van der Waals surface area (Å²) in [5, 5.41) is 5.89. The minimum absolute atomic E-state index is 0.00764. The van der Waals surface area contributed by atoms with E-state index < -0.39 is 0 Å². The fourth-order valence-corrected chi connectivity index (χ4v) is 1.85. The van der Waals surface area contributed by atoms with Gasteiger partial charge in [0.2, 0.25) is 5.91 Å². The number of rotatable bonds is 3. The Kier molecular flexibility index (Phi) is 3.51. The molecule has 0 aliphatic carbocycles. The molecule has 1 atom stereocenters. The summed E-state index contributed by atoms with van der Waals surface area (Å²) >= 11 is 0. The Balaban J connectivity index is 1.87. The maximum atomic E-state index is 13.3. The van der Waals surface area contributed by atoms with Gasteiger partial charge in [0.25, 0.3) is 0 Å². The Morgan fingerprint density at radius 1 is 1.50 bits per heavy atom. The van der Waals surface area contributed by atoms with Crippen molar-refractivity contribution in [2.45, 2.75) is 13.0 Å². The lowest BCUT2D eigenvalue weighted by Crippen LogP contribution is -2.31. The fourth-order valence-electron chi connectivity index (χ4n) is 1.85. The normalized spacial score (nSPS) is 19.7. The molecule has 1 heterocycles. The molecule has 1 aliphatic rings. The summed E-state index contributed by atoms with van der Waals surface area (Å²) in [6.45, 7) is 1.88. The zero-order valence-corrected chi connectivity index (χ0v) is 9.00. The minimum Gasteiger partial charge on any atom is -0.352 e. The summed E-state index contributed by atoms with van der Waals surface area (Å²) in [5.74, 6) is -0.229. The van der Waals surface area contributed by atoms with Gasteiger partial charge in [-0.25, -0.2) is 4.39 Å². The number of carbonyl (C=O) groups is 1. The molecule has 0 unspecified atom stereocenters. The first-order valence-electron chi connectivity index (χ1n) is 5.49. The summed E-state index contributed by atoms with van der Waals surface area (Å²) in [4.78, 5) is 11.7. The Hall–Kier alpha value is -1.42. The van der Waals surface area contributed by atoms with Gasteiger partial charge >= 0.3 is 0 Å². The summed E-state index contributed by atoms with van der Waals surface area (Å²) in [7, 11) is 0. The second kappa shape index (κ2) is 5.07. The standard InChI is InChI=1S/C12H15FN2O/c13-11-4-2-1-3-9(11)8-15-12(16)10-5-6-14-7-10/h1-4,10,14H,5-8H2,(H,15,16)/t10-/m0/s1. The summed E-state index contributed by atoms with van der Waals surface area (Å²) in [6.07, 6.45) is 0.864. The largest absolute Gasteiger partial charge is 0.352 e. The third-order valence-corrected chi connectivity index (χ3v) is 2.84. The molecular formula is C12H15FN2O. The maximum absolute atomic E-state index is 13.3. The van der Waals surface area contributed by atoms with E-state index in [1.165, 1.54) is 6.07 Å². The van der Waals surface area contributed by atoms with Gasteiger partial charge in [-0.05, 0) is 19.0 Å². The molecule has 3 nitrogen and oxygen atoms in total. The first kappa shape index (κ1) is 11.1. The van der Waals surface area contributed by atoms with Crippen LogP contribution in [0.4, 0.5) is 4.39 Å². The maximum Gasteiger partial charge on any atom is 0.224 e. The average Bonchev–Trinajstić information content (AvgIpc) is 2.81. The highest BCUT2D eigenvalue weighted by atomic mass is 19.1. The second-order valence-corrected chi connectivity index (χ2v) is 4.00. The van der Waals surface area contributed by atoms with Gasteiger partial charge in [0, 0.05) is 18.7 Å². The Morgan fingerprint density at radius 2 is 2.31 bits per heavy atom. The zero-order valence-electron chi connectivity index (χ0n) is 9.00. The molecule has 0 saturated carbocycles. The first-order valence-corrected chi connectivity index (χ1v) is 5.49. The van der Waals surface area contributed by atoms with Gasteiger partial charge in [-0.15, -0.1) is 0 Å². The van der Waals surface area contributed by atoms with Crippen molar-refractivity contribution in [1.29, 1.82) is 0 Å². The van der Waals surface area contributed by atoms with E-state index in [1.54, 1.807) is 18.2 Å². The Labute approximate surface area is 94.0 Å². The molecule has 1 aliphatic heterocycles. The van der Waals surface area contributed by atoms with Crippen LogP contribution >= 0.6 is 0 Å². The monoisotopic (exact) mass is 222 g/mol. The van der Waals surface area contributed by atoms with Crippen molar-refractivity contribution in [1.82, 2.24) is 10.6 Å². The van der Waals surface area contributed by atoms with Gasteiger partial charge in [-0.2, -0.15) is 0 Å². The lowest BCUT2D eigenvalue weighted by Gasteiger charge is -2.10. The molecule has 2 N–H and O–H groups in total. The Morgan fingerprint density at radius 3 is 3.00 bits per heavy atom. The first-order chi connectivity index (χ1) is 7.77. The predicted molar refractivity (Wildman–Crippen MR) is 59.2 cm³/mol. The third kappa shape index (κ3) is 2.58. The van der Waals surface area contributed by atoms with Crippen LogP contribution in [0.3, 0.4) is 0 Å². The number of halogens is 1. The molecule has 1 fully saturated rings. The second-order valence-electron chi connectivity index (χ2n) is 4.00. The van der Waals surface area contributed by atoms with E-state index in [1.807, 2.05) is 0 Å². The molecule has 2 rings (SSSR count). The molecule has 4 heteroatoms. The quantitative estimate of drug-likeness (QED) is 0.802. The molecule has 1 aromatic carbocycles. The predicted octanol–water partition coefficient (Wildman–Crippen LogP) is 1.05. The lowest BCUT2D eigenvalue weighted by atomic mass is 10.1. The molecule has 0 spiro atoms. The molecule has 0 aromatic heterocycles. The van der Waals surface area contributed by atoms with E-state index in [4.69, 9.17) is 0 Å². The van der Waals surface area contributed by atoms with Gasteiger partial charge in [-0.3, -0.25) is 4.79 Å². The fraction of sp³-hybridized carbons (Fsp3) is 0.417. The Bertz CT molecular complexity index is 375. The highest BCUT2D eigenvalue weighted by molar-refractivity contribution is 5.79. The van der Waals surface area contributed by atoms with E-state index in [2.05, 4.69) is 10.6 Å². The molecule has 1 amide bonds. The number of hydrogen-bond donors (Lipinski definition) is 2. The van der Waals surface area contributed by atoms with Crippen molar-refractivity contribution in [2.75, 3.05) is 13.1 Å². The lowest BCUT2D eigenvalue weighted by molar-refractivity contribution is -0.124. The number of carbonyl (C=O) groups excluding carboxylic acids is 1. The van der Waals surface area contributed by atoms with Gasteiger partial charge in [-0.1, -0.05) is 18.2 Å². The van der Waals surface area contributed by atoms with Crippen LogP contribution in [0.5, 0.6) is 0 Å². The van der Waals surface area contributed by atoms with Gasteiger partial charge in [0.1, 0.15) is 5.82 Å². The minimum atomic E-state index is -0.271. The smallest absolute Gasteiger partial charge is 0.224 e. The average molecular weight is 222 g/mol. The number of amides is 1. The van der Waals surface area contributed by atoms with Crippen molar-refractivity contribution < 1.29 is 9.18 Å². The van der Waals surface area contributed by atoms with E-state index in [0.29, 0.717) is 5.56 Å². The van der Waals surface area contributed by atoms with Crippen LogP contribution in [-0.4, -0.2) is 19.0 Å². The van der Waals surface area contributed by atoms with Crippen molar-refractivity contribution >= 4 is 5.91 Å². The van der Waals surface area contributed by atoms with Crippen molar-refractivity contribution in [3.63, 3.8) is 0 Å². The number of benzene rings is 1. The summed E-state index contributed by atoms with van der Waals surface area (Å²) in [5.41, 5.74) is 0.529. The molecule has 86 valence electrons.